The average Bonchev–Trinajstić information content (AvgIpc) is 3.17. The van der Waals surface area contributed by atoms with E-state index in [1.807, 2.05) is 6.07 Å². The maximum absolute atomic E-state index is 12.9. The lowest BCUT2D eigenvalue weighted by Crippen LogP contribution is -2.34. The molecular formula is C18H19F3N4O. The van der Waals surface area contributed by atoms with Crippen LogP contribution < -0.4 is 10.2 Å². The molecular weight excluding hydrogens is 345 g/mol. The van der Waals surface area contributed by atoms with Crippen molar-refractivity contribution in [2.75, 3.05) is 24.5 Å². The Kier molecular flexibility index (Phi) is 4.02. The molecule has 0 bridgehead atoms. The first-order valence-corrected chi connectivity index (χ1v) is 8.57. The zero-order valence-electron chi connectivity index (χ0n) is 14.2. The fourth-order valence-electron chi connectivity index (χ4n) is 4.01. The van der Waals surface area contributed by atoms with Crippen LogP contribution in [0.4, 0.5) is 19.0 Å². The van der Waals surface area contributed by atoms with Gasteiger partial charge in [-0.3, -0.25) is 0 Å². The van der Waals surface area contributed by atoms with Gasteiger partial charge in [0, 0.05) is 31.2 Å². The normalized spacial score (nSPS) is 22.7. The predicted octanol–water partition coefficient (Wildman–Crippen LogP) is 2.97. The molecule has 2 saturated heterocycles. The summed E-state index contributed by atoms with van der Waals surface area (Å²) in [6, 6.07) is 5.68. The molecule has 0 radical (unpaired) electrons. The highest BCUT2D eigenvalue weighted by atomic mass is 19.4. The third kappa shape index (κ3) is 2.88. The number of halogens is 3. The molecule has 0 aliphatic carbocycles. The van der Waals surface area contributed by atoms with Crippen LogP contribution in [0.1, 0.15) is 17.5 Å². The SMILES string of the molecule is Cc1cc(C(F)(F)F)cc(O)c1-c1ccc(N2CCC3CNCC32)nn1. The zero-order valence-corrected chi connectivity index (χ0v) is 14.2. The summed E-state index contributed by atoms with van der Waals surface area (Å²) in [4.78, 5) is 2.22. The lowest BCUT2D eigenvalue weighted by atomic mass is 10.0. The molecule has 5 nitrogen and oxygen atoms in total. The van der Waals surface area contributed by atoms with Crippen LogP contribution in [0.25, 0.3) is 11.3 Å². The van der Waals surface area contributed by atoms with Crippen LogP contribution in [0.15, 0.2) is 24.3 Å². The van der Waals surface area contributed by atoms with Gasteiger partial charge in [0.2, 0.25) is 0 Å². The van der Waals surface area contributed by atoms with Crippen LogP contribution in [-0.2, 0) is 6.18 Å². The Labute approximate surface area is 148 Å². The molecule has 0 amide bonds. The molecule has 2 aromatic rings. The molecule has 2 unspecified atom stereocenters. The topological polar surface area (TPSA) is 61.3 Å². The number of aryl methyl sites for hydroxylation is 1. The van der Waals surface area contributed by atoms with Gasteiger partial charge in [0.05, 0.1) is 11.3 Å². The lowest BCUT2D eigenvalue weighted by molar-refractivity contribution is -0.137. The van der Waals surface area contributed by atoms with E-state index in [1.54, 1.807) is 6.07 Å². The minimum Gasteiger partial charge on any atom is -0.507 e. The van der Waals surface area contributed by atoms with Crippen LogP contribution >= 0.6 is 0 Å². The van der Waals surface area contributed by atoms with Crippen molar-refractivity contribution in [3.63, 3.8) is 0 Å². The predicted molar refractivity (Wildman–Crippen MR) is 91.0 cm³/mol. The molecule has 0 saturated carbocycles. The molecule has 2 aliphatic heterocycles. The van der Waals surface area contributed by atoms with Gasteiger partial charge in [-0.05, 0) is 49.1 Å². The van der Waals surface area contributed by atoms with Gasteiger partial charge in [-0.1, -0.05) is 0 Å². The summed E-state index contributed by atoms with van der Waals surface area (Å²) in [5, 5.41) is 21.9. The molecule has 1 aromatic carbocycles. The number of nitrogens with one attached hydrogen (secondary N) is 1. The van der Waals surface area contributed by atoms with Gasteiger partial charge in [-0.25, -0.2) is 0 Å². The number of phenols is 1. The monoisotopic (exact) mass is 364 g/mol. The molecule has 4 rings (SSSR count). The number of nitrogens with zero attached hydrogens (tertiary/aromatic N) is 3. The largest absolute Gasteiger partial charge is 0.507 e. The van der Waals surface area contributed by atoms with Gasteiger partial charge in [0.15, 0.2) is 5.82 Å². The minimum absolute atomic E-state index is 0.277. The van der Waals surface area contributed by atoms with E-state index in [-0.39, 0.29) is 5.56 Å². The van der Waals surface area contributed by atoms with Crippen LogP contribution in [0.3, 0.4) is 0 Å². The molecule has 2 aliphatic rings. The van der Waals surface area contributed by atoms with E-state index in [0.717, 1.165) is 44.0 Å². The summed E-state index contributed by atoms with van der Waals surface area (Å²) in [7, 11) is 0. The van der Waals surface area contributed by atoms with Crippen molar-refractivity contribution in [2.24, 2.45) is 5.92 Å². The Morgan fingerprint density at radius 1 is 1.19 bits per heavy atom. The van der Waals surface area contributed by atoms with E-state index in [2.05, 4.69) is 20.4 Å². The zero-order chi connectivity index (χ0) is 18.5. The number of aromatic nitrogens is 2. The maximum atomic E-state index is 12.9. The number of anilines is 1. The maximum Gasteiger partial charge on any atom is 0.416 e. The summed E-state index contributed by atoms with van der Waals surface area (Å²) in [5.41, 5.74) is 0.0647. The lowest BCUT2D eigenvalue weighted by Gasteiger charge is -2.24. The van der Waals surface area contributed by atoms with Crippen LogP contribution in [0, 0.1) is 12.8 Å². The van der Waals surface area contributed by atoms with Crippen molar-refractivity contribution in [2.45, 2.75) is 25.6 Å². The number of alkyl halides is 3. The number of rotatable bonds is 2. The fourth-order valence-corrected chi connectivity index (χ4v) is 4.01. The first kappa shape index (κ1) is 17.1. The Morgan fingerprint density at radius 2 is 2.00 bits per heavy atom. The van der Waals surface area contributed by atoms with E-state index < -0.39 is 17.5 Å². The summed E-state index contributed by atoms with van der Waals surface area (Å²) in [6.07, 6.45) is -3.39. The summed E-state index contributed by atoms with van der Waals surface area (Å²) in [5.74, 6) is 0.937. The summed E-state index contributed by atoms with van der Waals surface area (Å²) < 4.78 is 38.6. The van der Waals surface area contributed by atoms with Gasteiger partial charge in [-0.15, -0.1) is 10.2 Å². The molecule has 0 spiro atoms. The molecule has 138 valence electrons. The van der Waals surface area contributed by atoms with Crippen LogP contribution in [0.2, 0.25) is 0 Å². The first-order valence-electron chi connectivity index (χ1n) is 8.57. The molecule has 2 N–H and O–H groups in total. The minimum atomic E-state index is -4.50. The van der Waals surface area contributed by atoms with E-state index in [0.29, 0.717) is 23.2 Å². The van der Waals surface area contributed by atoms with E-state index in [4.69, 9.17) is 0 Å². The van der Waals surface area contributed by atoms with E-state index in [1.165, 1.54) is 6.92 Å². The van der Waals surface area contributed by atoms with Crippen LogP contribution in [0.5, 0.6) is 5.75 Å². The highest BCUT2D eigenvalue weighted by molar-refractivity contribution is 5.71. The average molecular weight is 364 g/mol. The third-order valence-corrected chi connectivity index (χ3v) is 5.29. The fraction of sp³-hybridized carbons (Fsp3) is 0.444. The molecule has 1 aromatic heterocycles. The number of hydrogen-bond acceptors (Lipinski definition) is 5. The van der Waals surface area contributed by atoms with Crippen LogP contribution in [-0.4, -0.2) is 41.0 Å². The van der Waals surface area contributed by atoms with Gasteiger partial charge in [-0.2, -0.15) is 13.2 Å². The van der Waals surface area contributed by atoms with Gasteiger partial charge in [0.1, 0.15) is 5.75 Å². The van der Waals surface area contributed by atoms with Crippen molar-refractivity contribution in [3.05, 3.63) is 35.4 Å². The number of fused-ring (bicyclic) bond motifs is 1. The Bertz CT molecular complexity index is 799. The second kappa shape index (κ2) is 6.12. The second-order valence-electron chi connectivity index (χ2n) is 6.93. The molecule has 2 atom stereocenters. The smallest absolute Gasteiger partial charge is 0.416 e. The first-order chi connectivity index (χ1) is 12.3. The molecule has 26 heavy (non-hydrogen) atoms. The number of hydrogen-bond donors (Lipinski definition) is 2. The van der Waals surface area contributed by atoms with Gasteiger partial charge >= 0.3 is 6.18 Å². The number of aromatic hydroxyl groups is 1. The van der Waals surface area contributed by atoms with Crippen molar-refractivity contribution in [1.29, 1.82) is 0 Å². The molecule has 3 heterocycles. The highest BCUT2D eigenvalue weighted by Crippen LogP contribution is 2.39. The summed E-state index contributed by atoms with van der Waals surface area (Å²) >= 11 is 0. The Balaban J connectivity index is 1.63. The van der Waals surface area contributed by atoms with Gasteiger partial charge < -0.3 is 15.3 Å². The standard InChI is InChI=1S/C18H19F3N4O/c1-10-6-12(18(19,20)21)7-15(26)17(10)13-2-3-16(24-23-13)25-5-4-11-8-22-9-14(11)25/h2-3,6-7,11,14,22,26H,4-5,8-9H2,1H3. The van der Waals surface area contributed by atoms with Crippen molar-refractivity contribution >= 4 is 5.82 Å². The van der Waals surface area contributed by atoms with Crippen molar-refractivity contribution in [3.8, 4) is 17.0 Å². The second-order valence-corrected chi connectivity index (χ2v) is 6.93. The summed E-state index contributed by atoms with van der Waals surface area (Å²) in [6.45, 7) is 4.39. The third-order valence-electron chi connectivity index (χ3n) is 5.29. The van der Waals surface area contributed by atoms with E-state index in [9.17, 15) is 18.3 Å². The van der Waals surface area contributed by atoms with Crippen molar-refractivity contribution in [1.82, 2.24) is 15.5 Å². The Hall–Kier alpha value is -2.35. The number of benzene rings is 1. The highest BCUT2D eigenvalue weighted by Gasteiger charge is 2.38. The van der Waals surface area contributed by atoms with Gasteiger partial charge in [0.25, 0.3) is 0 Å². The van der Waals surface area contributed by atoms with E-state index >= 15 is 0 Å². The van der Waals surface area contributed by atoms with Crippen molar-refractivity contribution < 1.29 is 18.3 Å². The molecule has 2 fully saturated rings. The Morgan fingerprint density at radius 3 is 2.65 bits per heavy atom. The quantitative estimate of drug-likeness (QED) is 0.858. The molecule has 8 heteroatoms. The number of phenolic OH excluding ortho intramolecular Hbond substituents is 1.